The van der Waals surface area contributed by atoms with Crippen molar-refractivity contribution in [1.29, 1.82) is 0 Å². The third kappa shape index (κ3) is 6.17. The number of carbonyl (C=O) groups is 2. The first kappa shape index (κ1) is 25.7. The van der Waals surface area contributed by atoms with E-state index in [4.69, 9.17) is 5.73 Å². The molecule has 1 heterocycles. The highest BCUT2D eigenvalue weighted by molar-refractivity contribution is 5.83. The van der Waals surface area contributed by atoms with E-state index >= 15 is 0 Å². The minimum atomic E-state index is -0.738. The summed E-state index contributed by atoms with van der Waals surface area (Å²) in [6, 6.07) is 10.8. The predicted molar refractivity (Wildman–Crippen MR) is 134 cm³/mol. The maximum atomic E-state index is 13.7. The van der Waals surface area contributed by atoms with Gasteiger partial charge in [-0.15, -0.1) is 0 Å². The smallest absolute Gasteiger partial charge is 0.225 e. The van der Waals surface area contributed by atoms with Gasteiger partial charge in [-0.1, -0.05) is 62.9 Å². The third-order valence-corrected chi connectivity index (χ3v) is 8.54. The Labute approximate surface area is 200 Å². The van der Waals surface area contributed by atoms with Gasteiger partial charge in [0.05, 0.1) is 5.41 Å². The Kier molecular flexibility index (Phi) is 8.60. The monoisotopic (exact) mass is 455 g/mol. The van der Waals surface area contributed by atoms with Crippen LogP contribution in [0.1, 0.15) is 84.1 Å². The molecule has 5 heteroatoms. The number of nitrogens with one attached hydrogen (secondary N) is 1. The van der Waals surface area contributed by atoms with E-state index in [0.717, 1.165) is 44.4 Å². The first-order valence-electron chi connectivity index (χ1n) is 13.0. The van der Waals surface area contributed by atoms with Crippen LogP contribution in [0.25, 0.3) is 0 Å². The average molecular weight is 456 g/mol. The highest BCUT2D eigenvalue weighted by Gasteiger charge is 2.37. The molecule has 0 spiro atoms. The van der Waals surface area contributed by atoms with E-state index in [0.29, 0.717) is 19.0 Å². The van der Waals surface area contributed by atoms with Crippen LogP contribution in [0.15, 0.2) is 30.3 Å². The van der Waals surface area contributed by atoms with Crippen molar-refractivity contribution in [2.45, 2.75) is 84.1 Å². The van der Waals surface area contributed by atoms with Crippen molar-refractivity contribution < 1.29 is 9.59 Å². The molecule has 0 aromatic heterocycles. The SMILES string of the molecule is CN[C@]1(c2ccccc2)CCCC(CC2CCC2)C(C)C(=O)N(CC(C)(C)C(N)=O)CCC1. The van der Waals surface area contributed by atoms with Crippen molar-refractivity contribution in [3.63, 3.8) is 0 Å². The summed E-state index contributed by atoms with van der Waals surface area (Å²) in [4.78, 5) is 27.8. The van der Waals surface area contributed by atoms with Crippen molar-refractivity contribution in [2.75, 3.05) is 20.1 Å². The van der Waals surface area contributed by atoms with Crippen LogP contribution in [0, 0.1) is 23.2 Å². The van der Waals surface area contributed by atoms with Gasteiger partial charge in [-0.3, -0.25) is 9.59 Å². The highest BCUT2D eigenvalue weighted by atomic mass is 16.2. The van der Waals surface area contributed by atoms with Crippen molar-refractivity contribution >= 4 is 11.8 Å². The van der Waals surface area contributed by atoms with Crippen LogP contribution >= 0.6 is 0 Å². The molecule has 184 valence electrons. The van der Waals surface area contributed by atoms with E-state index in [-0.39, 0.29) is 23.3 Å². The lowest BCUT2D eigenvalue weighted by Gasteiger charge is -2.36. The topological polar surface area (TPSA) is 75.4 Å². The fraction of sp³-hybridized carbons (Fsp3) is 0.714. The van der Waals surface area contributed by atoms with Crippen LogP contribution in [-0.4, -0.2) is 36.9 Å². The van der Waals surface area contributed by atoms with Crippen LogP contribution in [0.3, 0.4) is 0 Å². The van der Waals surface area contributed by atoms with E-state index < -0.39 is 5.41 Å². The standard InChI is InChI=1S/C28H45N3O2/c1-21-23(19-22-11-8-12-22)13-9-16-28(30-4,24-14-6-5-7-15-24)17-10-18-31(25(21)32)20-27(2,3)26(29)33/h5-7,14-15,21-23,30H,8-13,16-20H2,1-4H3,(H2,29,33)/t21?,23?,28-/m1/s1. The van der Waals surface area contributed by atoms with Crippen molar-refractivity contribution in [3.05, 3.63) is 35.9 Å². The van der Waals surface area contributed by atoms with E-state index in [1.54, 1.807) is 0 Å². The number of nitrogens with two attached hydrogens (primary N) is 1. The fourth-order valence-corrected chi connectivity index (χ4v) is 5.84. The largest absolute Gasteiger partial charge is 0.369 e. The summed E-state index contributed by atoms with van der Waals surface area (Å²) in [6.07, 6.45) is 10.2. The molecule has 1 aliphatic carbocycles. The van der Waals surface area contributed by atoms with E-state index in [9.17, 15) is 9.59 Å². The van der Waals surface area contributed by atoms with Crippen LogP contribution in [-0.2, 0) is 15.1 Å². The summed E-state index contributed by atoms with van der Waals surface area (Å²) in [6.45, 7) is 6.88. The van der Waals surface area contributed by atoms with Crippen molar-refractivity contribution in [2.24, 2.45) is 28.9 Å². The molecule has 1 saturated carbocycles. The lowest BCUT2D eigenvalue weighted by atomic mass is 9.73. The number of nitrogens with zero attached hydrogens (tertiary/aromatic N) is 1. The first-order chi connectivity index (χ1) is 15.7. The molecular formula is C28H45N3O2. The first-order valence-corrected chi connectivity index (χ1v) is 13.0. The van der Waals surface area contributed by atoms with Crippen LogP contribution in [0.4, 0.5) is 0 Å². The molecule has 5 nitrogen and oxygen atoms in total. The van der Waals surface area contributed by atoms with Gasteiger partial charge in [0.2, 0.25) is 11.8 Å². The molecule has 2 aliphatic rings. The minimum absolute atomic E-state index is 0.0203. The zero-order valence-corrected chi connectivity index (χ0v) is 21.2. The zero-order chi connectivity index (χ0) is 24.1. The molecule has 2 fully saturated rings. The van der Waals surface area contributed by atoms with Crippen molar-refractivity contribution in [3.8, 4) is 0 Å². The maximum absolute atomic E-state index is 13.7. The number of carbonyl (C=O) groups excluding carboxylic acids is 2. The van der Waals surface area contributed by atoms with Crippen LogP contribution < -0.4 is 11.1 Å². The molecule has 1 saturated heterocycles. The summed E-state index contributed by atoms with van der Waals surface area (Å²) in [7, 11) is 2.07. The summed E-state index contributed by atoms with van der Waals surface area (Å²) < 4.78 is 0. The normalized spacial score (nSPS) is 28.1. The van der Waals surface area contributed by atoms with Gasteiger partial charge in [0, 0.05) is 24.5 Å². The van der Waals surface area contributed by atoms with Crippen LogP contribution in [0.5, 0.6) is 0 Å². The number of primary amides is 1. The van der Waals surface area contributed by atoms with Gasteiger partial charge in [0.15, 0.2) is 0 Å². The quantitative estimate of drug-likeness (QED) is 0.617. The number of benzene rings is 1. The molecule has 2 amide bonds. The molecule has 1 aromatic rings. The molecule has 2 unspecified atom stereocenters. The van der Waals surface area contributed by atoms with Gasteiger partial charge in [-0.05, 0) is 70.4 Å². The zero-order valence-electron chi connectivity index (χ0n) is 21.2. The Morgan fingerprint density at radius 1 is 1.12 bits per heavy atom. The van der Waals surface area contributed by atoms with Gasteiger partial charge < -0.3 is 16.0 Å². The Morgan fingerprint density at radius 3 is 2.36 bits per heavy atom. The van der Waals surface area contributed by atoms with Crippen LogP contribution in [0.2, 0.25) is 0 Å². The van der Waals surface area contributed by atoms with Gasteiger partial charge in [-0.2, -0.15) is 0 Å². The lowest BCUT2D eigenvalue weighted by molar-refractivity contribution is -0.140. The molecule has 3 rings (SSSR count). The summed E-state index contributed by atoms with van der Waals surface area (Å²) in [5.41, 5.74) is 6.18. The van der Waals surface area contributed by atoms with Gasteiger partial charge >= 0.3 is 0 Å². The Morgan fingerprint density at radius 2 is 1.79 bits per heavy atom. The molecule has 1 aliphatic heterocycles. The summed E-state index contributed by atoms with van der Waals surface area (Å²) >= 11 is 0. The number of rotatable bonds is 7. The van der Waals surface area contributed by atoms with Gasteiger partial charge in [-0.25, -0.2) is 0 Å². The Hall–Kier alpha value is -1.88. The molecule has 0 radical (unpaired) electrons. The molecule has 1 aromatic carbocycles. The Bertz CT molecular complexity index is 790. The van der Waals surface area contributed by atoms with E-state index in [1.165, 1.54) is 24.8 Å². The van der Waals surface area contributed by atoms with Gasteiger partial charge in [0.25, 0.3) is 0 Å². The number of amides is 2. The number of hydrogen-bond donors (Lipinski definition) is 2. The Balaban J connectivity index is 1.89. The molecule has 3 N–H and O–H groups in total. The van der Waals surface area contributed by atoms with E-state index in [1.807, 2.05) is 18.7 Å². The fourth-order valence-electron chi connectivity index (χ4n) is 5.84. The maximum Gasteiger partial charge on any atom is 0.225 e. The molecule has 3 atom stereocenters. The molecular weight excluding hydrogens is 410 g/mol. The second-order valence-corrected chi connectivity index (χ2v) is 11.3. The summed E-state index contributed by atoms with van der Waals surface area (Å²) in [5.74, 6) is 0.995. The van der Waals surface area contributed by atoms with Crippen molar-refractivity contribution in [1.82, 2.24) is 10.2 Å². The highest BCUT2D eigenvalue weighted by Crippen LogP contribution is 2.40. The summed E-state index contributed by atoms with van der Waals surface area (Å²) in [5, 5.41) is 3.67. The second kappa shape index (κ2) is 11.0. The second-order valence-electron chi connectivity index (χ2n) is 11.3. The molecule has 0 bridgehead atoms. The molecule has 33 heavy (non-hydrogen) atoms. The predicted octanol–water partition coefficient (Wildman–Crippen LogP) is 4.85. The van der Waals surface area contributed by atoms with Gasteiger partial charge in [0.1, 0.15) is 0 Å². The lowest BCUT2D eigenvalue weighted by Crippen LogP contribution is -2.48. The third-order valence-electron chi connectivity index (χ3n) is 8.54. The van der Waals surface area contributed by atoms with E-state index in [2.05, 4.69) is 49.6 Å². The minimum Gasteiger partial charge on any atom is -0.369 e. The average Bonchev–Trinajstić information content (AvgIpc) is 2.79. The number of hydrogen-bond acceptors (Lipinski definition) is 3.